The van der Waals surface area contributed by atoms with Gasteiger partial charge in [0.05, 0.1) is 11.4 Å². The van der Waals surface area contributed by atoms with E-state index in [1.54, 1.807) is 24.3 Å². The van der Waals surface area contributed by atoms with E-state index in [9.17, 15) is 4.79 Å². The maximum atomic E-state index is 12.4. The van der Waals surface area contributed by atoms with Crippen LogP contribution in [0.5, 0.6) is 11.5 Å². The summed E-state index contributed by atoms with van der Waals surface area (Å²) in [5, 5.41) is 2.87. The first kappa shape index (κ1) is 13.3. The Labute approximate surface area is 122 Å². The van der Waals surface area contributed by atoms with E-state index >= 15 is 0 Å². The molecule has 3 N–H and O–H groups in total. The van der Waals surface area contributed by atoms with Crippen molar-refractivity contribution in [3.05, 3.63) is 47.0 Å². The van der Waals surface area contributed by atoms with Gasteiger partial charge in [-0.05, 0) is 49.2 Å². The van der Waals surface area contributed by atoms with E-state index < -0.39 is 0 Å². The van der Waals surface area contributed by atoms with Gasteiger partial charge in [-0.1, -0.05) is 6.07 Å². The molecule has 0 radical (unpaired) electrons. The number of carbonyl (C=O) groups excluding carboxylic acids is 1. The highest BCUT2D eigenvalue weighted by Gasteiger charge is 2.17. The van der Waals surface area contributed by atoms with Crippen molar-refractivity contribution in [3.63, 3.8) is 0 Å². The van der Waals surface area contributed by atoms with Crippen molar-refractivity contribution >= 4 is 17.3 Å². The fourth-order valence-corrected chi connectivity index (χ4v) is 2.23. The summed E-state index contributed by atoms with van der Waals surface area (Å²) in [5.74, 6) is 1.00. The molecular formula is C16H16N2O3. The number of nitrogens with two attached hydrogens (primary N) is 1. The summed E-state index contributed by atoms with van der Waals surface area (Å²) >= 11 is 0. The van der Waals surface area contributed by atoms with Crippen LogP contribution in [0.1, 0.15) is 21.5 Å². The molecule has 0 atom stereocenters. The lowest BCUT2D eigenvalue weighted by atomic mass is 10.1. The second-order valence-electron chi connectivity index (χ2n) is 4.99. The number of amides is 1. The zero-order valence-corrected chi connectivity index (χ0v) is 11.9. The zero-order valence-electron chi connectivity index (χ0n) is 11.9. The minimum absolute atomic E-state index is 0.185. The number of benzene rings is 2. The molecule has 1 heterocycles. The third-order valence-electron chi connectivity index (χ3n) is 3.64. The lowest BCUT2D eigenvalue weighted by Gasteiger charge is -2.13. The Morgan fingerprint density at radius 1 is 1.14 bits per heavy atom. The Kier molecular flexibility index (Phi) is 3.17. The highest BCUT2D eigenvalue weighted by Crippen LogP contribution is 2.33. The first-order valence-electron chi connectivity index (χ1n) is 6.63. The maximum Gasteiger partial charge on any atom is 0.255 e. The van der Waals surface area contributed by atoms with Crippen molar-refractivity contribution in [1.29, 1.82) is 0 Å². The van der Waals surface area contributed by atoms with Crippen molar-refractivity contribution in [1.82, 2.24) is 0 Å². The number of nitrogen functional groups attached to an aromatic ring is 1. The number of carbonyl (C=O) groups is 1. The quantitative estimate of drug-likeness (QED) is 0.832. The molecule has 1 aliphatic heterocycles. The van der Waals surface area contributed by atoms with E-state index in [-0.39, 0.29) is 12.7 Å². The molecule has 5 nitrogen and oxygen atoms in total. The molecule has 1 amide bonds. The molecule has 0 spiro atoms. The Hall–Kier alpha value is -2.69. The van der Waals surface area contributed by atoms with Gasteiger partial charge in [0, 0.05) is 5.56 Å². The van der Waals surface area contributed by atoms with Gasteiger partial charge >= 0.3 is 0 Å². The van der Waals surface area contributed by atoms with Gasteiger partial charge in [0.2, 0.25) is 6.79 Å². The first-order chi connectivity index (χ1) is 10.1. The largest absolute Gasteiger partial charge is 0.454 e. The summed E-state index contributed by atoms with van der Waals surface area (Å²) in [6.07, 6.45) is 0. The number of hydrogen-bond acceptors (Lipinski definition) is 4. The third kappa shape index (κ3) is 2.38. The number of fused-ring (bicyclic) bond motifs is 1. The Morgan fingerprint density at radius 2 is 1.90 bits per heavy atom. The number of nitrogens with one attached hydrogen (secondary N) is 1. The van der Waals surface area contributed by atoms with Gasteiger partial charge in [-0.3, -0.25) is 4.79 Å². The average Bonchev–Trinajstić information content (AvgIpc) is 2.94. The third-order valence-corrected chi connectivity index (χ3v) is 3.64. The molecular weight excluding hydrogens is 268 g/mol. The van der Waals surface area contributed by atoms with E-state index in [2.05, 4.69) is 5.32 Å². The molecule has 2 aromatic rings. The fraction of sp³-hybridized carbons (Fsp3) is 0.188. The van der Waals surface area contributed by atoms with Crippen molar-refractivity contribution < 1.29 is 14.3 Å². The number of ether oxygens (including phenoxy) is 2. The van der Waals surface area contributed by atoms with Crippen molar-refractivity contribution in [2.24, 2.45) is 0 Å². The van der Waals surface area contributed by atoms with Crippen LogP contribution in [0.4, 0.5) is 11.4 Å². The monoisotopic (exact) mass is 284 g/mol. The predicted molar refractivity (Wildman–Crippen MR) is 80.8 cm³/mol. The van der Waals surface area contributed by atoms with Crippen LogP contribution < -0.4 is 20.5 Å². The lowest BCUT2D eigenvalue weighted by molar-refractivity contribution is 0.102. The van der Waals surface area contributed by atoms with Crippen LogP contribution in [-0.4, -0.2) is 12.7 Å². The molecule has 0 aliphatic carbocycles. The number of rotatable bonds is 2. The number of anilines is 2. The molecule has 3 rings (SSSR count). The van der Waals surface area contributed by atoms with Gasteiger partial charge in [0.15, 0.2) is 11.5 Å². The second kappa shape index (κ2) is 5.01. The molecule has 108 valence electrons. The van der Waals surface area contributed by atoms with Crippen molar-refractivity contribution in [2.45, 2.75) is 13.8 Å². The average molecular weight is 284 g/mol. The zero-order chi connectivity index (χ0) is 15.0. The van der Waals surface area contributed by atoms with Gasteiger partial charge in [0.1, 0.15) is 0 Å². The summed E-state index contributed by atoms with van der Waals surface area (Å²) in [7, 11) is 0. The van der Waals surface area contributed by atoms with Gasteiger partial charge < -0.3 is 20.5 Å². The standard InChI is InChI=1S/C16H16N2O3/c1-9-3-5-12(17)15(10(9)2)18-16(19)11-4-6-13-14(7-11)21-8-20-13/h3-7H,8,17H2,1-2H3,(H,18,19). The topological polar surface area (TPSA) is 73.6 Å². The summed E-state index contributed by atoms with van der Waals surface area (Å²) in [6.45, 7) is 4.09. The smallest absolute Gasteiger partial charge is 0.255 e. The van der Waals surface area contributed by atoms with E-state index in [4.69, 9.17) is 15.2 Å². The first-order valence-corrected chi connectivity index (χ1v) is 6.63. The van der Waals surface area contributed by atoms with Gasteiger partial charge in [-0.2, -0.15) is 0 Å². The van der Waals surface area contributed by atoms with Crippen LogP contribution in [0.15, 0.2) is 30.3 Å². The molecule has 2 aromatic carbocycles. The summed E-state index contributed by atoms with van der Waals surface area (Å²) in [4.78, 5) is 12.4. The minimum atomic E-state index is -0.228. The molecule has 0 unspecified atom stereocenters. The number of hydrogen-bond donors (Lipinski definition) is 2. The minimum Gasteiger partial charge on any atom is -0.454 e. The molecule has 1 aliphatic rings. The van der Waals surface area contributed by atoms with Crippen LogP contribution in [0, 0.1) is 13.8 Å². The molecule has 0 aromatic heterocycles. The number of aryl methyl sites for hydroxylation is 1. The lowest BCUT2D eigenvalue weighted by Crippen LogP contribution is -2.14. The van der Waals surface area contributed by atoms with Crippen LogP contribution in [0.3, 0.4) is 0 Å². The fourth-order valence-electron chi connectivity index (χ4n) is 2.23. The highest BCUT2D eigenvalue weighted by atomic mass is 16.7. The van der Waals surface area contributed by atoms with E-state index in [0.717, 1.165) is 11.1 Å². The maximum absolute atomic E-state index is 12.4. The summed E-state index contributed by atoms with van der Waals surface area (Å²) in [5.41, 5.74) is 9.68. The Balaban J connectivity index is 1.89. The summed E-state index contributed by atoms with van der Waals surface area (Å²) < 4.78 is 10.5. The molecule has 0 bridgehead atoms. The van der Waals surface area contributed by atoms with Gasteiger partial charge in [-0.25, -0.2) is 0 Å². The molecule has 0 fully saturated rings. The van der Waals surface area contributed by atoms with E-state index in [1.165, 1.54) is 0 Å². The normalized spacial score (nSPS) is 12.3. The van der Waals surface area contributed by atoms with E-state index in [0.29, 0.717) is 28.4 Å². The highest BCUT2D eigenvalue weighted by molar-refractivity contribution is 6.06. The molecule has 5 heteroatoms. The molecule has 21 heavy (non-hydrogen) atoms. The molecule has 0 saturated carbocycles. The van der Waals surface area contributed by atoms with Gasteiger partial charge in [-0.15, -0.1) is 0 Å². The Bertz CT molecular complexity index is 726. The SMILES string of the molecule is Cc1ccc(N)c(NC(=O)c2ccc3c(c2)OCO3)c1C. The van der Waals surface area contributed by atoms with E-state index in [1.807, 2.05) is 19.9 Å². The second-order valence-corrected chi connectivity index (χ2v) is 4.99. The van der Waals surface area contributed by atoms with Crippen LogP contribution in [-0.2, 0) is 0 Å². The van der Waals surface area contributed by atoms with Crippen molar-refractivity contribution in [2.75, 3.05) is 17.8 Å². The van der Waals surface area contributed by atoms with Crippen LogP contribution in [0.2, 0.25) is 0 Å². The van der Waals surface area contributed by atoms with Crippen LogP contribution >= 0.6 is 0 Å². The van der Waals surface area contributed by atoms with Gasteiger partial charge in [0.25, 0.3) is 5.91 Å². The van der Waals surface area contributed by atoms with Crippen molar-refractivity contribution in [3.8, 4) is 11.5 Å². The van der Waals surface area contributed by atoms with Crippen LogP contribution in [0.25, 0.3) is 0 Å². The predicted octanol–water partition coefficient (Wildman–Crippen LogP) is 2.87. The summed E-state index contributed by atoms with van der Waals surface area (Å²) in [6, 6.07) is 8.81. The Morgan fingerprint density at radius 3 is 2.71 bits per heavy atom. The molecule has 0 saturated heterocycles.